The van der Waals surface area contributed by atoms with Crippen LogP contribution in [-0.2, 0) is 24.6 Å². The first-order chi connectivity index (χ1) is 33.4. The second-order valence-electron chi connectivity index (χ2n) is 17.5. The van der Waals surface area contributed by atoms with Gasteiger partial charge in [-0.15, -0.1) is 11.8 Å². The molecule has 2 aliphatic rings. The first-order valence-electron chi connectivity index (χ1n) is 23.4. The lowest BCUT2D eigenvalue weighted by Gasteiger charge is -2.36. The predicted molar refractivity (Wildman–Crippen MR) is 271 cm³/mol. The van der Waals surface area contributed by atoms with Crippen molar-refractivity contribution in [2.24, 2.45) is 5.92 Å². The molecular weight excluding hydrogens is 983 g/mol. The highest BCUT2D eigenvalue weighted by Crippen LogP contribution is 2.39. The summed E-state index contributed by atoms with van der Waals surface area (Å²) in [5.41, 5.74) is -2.75. The molecule has 7 rings (SSSR count). The molecule has 2 aliphatic heterocycles. The number of nitrogens with one attached hydrogen (secondary N) is 2. The van der Waals surface area contributed by atoms with E-state index in [9.17, 15) is 39.9 Å². The van der Waals surface area contributed by atoms with E-state index in [0.29, 0.717) is 75.4 Å². The van der Waals surface area contributed by atoms with Crippen molar-refractivity contribution in [3.05, 3.63) is 137 Å². The molecule has 0 spiro atoms. The number of anilines is 2. The van der Waals surface area contributed by atoms with Crippen molar-refractivity contribution in [2.45, 2.75) is 71.6 Å². The van der Waals surface area contributed by atoms with E-state index in [0.717, 1.165) is 59.0 Å². The van der Waals surface area contributed by atoms with E-state index in [1.807, 2.05) is 83.6 Å². The smallest absolute Gasteiger partial charge is 0.388 e. The average Bonchev–Trinajstić information content (AvgIpc) is 3.36. The summed E-state index contributed by atoms with van der Waals surface area (Å²) < 4.78 is 105. The van der Waals surface area contributed by atoms with Crippen LogP contribution in [0.5, 0.6) is 0 Å². The summed E-state index contributed by atoms with van der Waals surface area (Å²) in [4.78, 5) is 18.8. The highest BCUT2D eigenvalue weighted by Gasteiger charge is 2.48. The zero-order chi connectivity index (χ0) is 50.1. The molecule has 2 saturated heterocycles. The van der Waals surface area contributed by atoms with Crippen LogP contribution in [-0.4, -0.2) is 120 Å². The van der Waals surface area contributed by atoms with E-state index in [2.05, 4.69) is 33.9 Å². The van der Waals surface area contributed by atoms with Gasteiger partial charge in [0.1, 0.15) is 4.90 Å². The molecule has 5 aromatic rings. The van der Waals surface area contributed by atoms with Gasteiger partial charge in [-0.05, 0) is 122 Å². The Hall–Kier alpha value is -4.66. The molecule has 0 radical (unpaired) electrons. The number of carbonyl (C=O) groups excluding carboxylic acids is 1. The molecule has 2 heterocycles. The fourth-order valence-electron chi connectivity index (χ4n) is 8.91. The van der Waals surface area contributed by atoms with Gasteiger partial charge in [0.25, 0.3) is 25.8 Å². The third-order valence-corrected chi connectivity index (χ3v) is 17.2. The molecule has 3 atom stereocenters. The fraction of sp³-hybridized carbons (Fsp3) is 0.392. The lowest BCUT2D eigenvalue weighted by atomic mass is 9.84. The van der Waals surface area contributed by atoms with Crippen molar-refractivity contribution >= 4 is 60.5 Å². The molecule has 3 N–H and O–H groups in total. The summed E-state index contributed by atoms with van der Waals surface area (Å²) in [6.07, 6.45) is 1.04. The van der Waals surface area contributed by atoms with Gasteiger partial charge in [-0.25, -0.2) is 21.6 Å². The molecule has 376 valence electrons. The zero-order valence-electron chi connectivity index (χ0n) is 39.0. The topological polar surface area (TPSA) is 149 Å². The lowest BCUT2D eigenvalue weighted by Crippen LogP contribution is -2.48. The molecule has 0 aliphatic carbocycles. The van der Waals surface area contributed by atoms with Gasteiger partial charge in [0.2, 0.25) is 0 Å². The normalized spacial score (nSPS) is 17.3. The number of nitrogens with zero attached hydrogens (tertiary/aromatic N) is 3. The maximum atomic E-state index is 14.3. The minimum absolute atomic E-state index is 0.0204. The number of piperidine rings is 1. The Morgan fingerprint density at radius 3 is 2.23 bits per heavy atom. The number of amides is 1. The summed E-state index contributed by atoms with van der Waals surface area (Å²) in [6, 6.07) is 32.7. The minimum atomic E-state index is -6.10. The summed E-state index contributed by atoms with van der Waals surface area (Å²) in [5, 5.41) is 15.2. The lowest BCUT2D eigenvalue weighted by molar-refractivity contribution is -0.0436. The number of hydrogen-bond acceptors (Lipinski definition) is 12. The van der Waals surface area contributed by atoms with Crippen LogP contribution in [0.25, 0.3) is 11.1 Å². The largest absolute Gasteiger partial charge is 0.501 e. The van der Waals surface area contributed by atoms with Crippen LogP contribution in [0, 0.1) is 5.92 Å². The molecule has 5 aromatic carbocycles. The van der Waals surface area contributed by atoms with Crippen molar-refractivity contribution in [1.29, 1.82) is 0 Å². The molecule has 0 aromatic heterocycles. The quantitative estimate of drug-likeness (QED) is 0.0638. The Kier molecular flexibility index (Phi) is 18.0. The van der Waals surface area contributed by atoms with E-state index in [-0.39, 0.29) is 17.6 Å². The summed E-state index contributed by atoms with van der Waals surface area (Å²) >= 11 is 7.56. The number of carbonyl (C=O) groups is 1. The number of sulfonamides is 1. The number of halogens is 4. The summed E-state index contributed by atoms with van der Waals surface area (Å²) in [6.45, 7) is 10.3. The van der Waals surface area contributed by atoms with Crippen LogP contribution in [0.4, 0.5) is 24.5 Å². The molecular formula is C51H59ClF3N5O7S3. The Morgan fingerprint density at radius 2 is 1.56 bits per heavy atom. The molecule has 2 fully saturated rings. The standard InChI is InChI=1S/C51H59ClF3N5O7S3/c1-3-58(4-2)33-42-34-59(30-31-67-42)27-26-40(35-68-43-10-6-5-7-11-43)56-47-23-22-44(32-48(47)69(63,64)51(53,54)55)70(65,66)57-50(62)38-16-20-41(21-17-38)60-28-24-37(25-29-60)49(61)46-13-9-8-12-45(46)36-14-18-39(52)19-15-36/h5-23,32,37,40,42,49,56,61H,3-4,24-31,33-35H2,1-2H3,(H,57,62)/t40-,42+,49-/m1/s1. The van der Waals surface area contributed by atoms with Crippen molar-refractivity contribution < 1.29 is 44.6 Å². The summed E-state index contributed by atoms with van der Waals surface area (Å²) in [7, 11) is -11.0. The molecule has 0 bridgehead atoms. The number of sulfone groups is 1. The maximum absolute atomic E-state index is 14.3. The number of rotatable bonds is 20. The number of aliphatic hydroxyl groups excluding tert-OH is 1. The molecule has 19 heteroatoms. The molecule has 0 saturated carbocycles. The van der Waals surface area contributed by atoms with Gasteiger partial charge in [0, 0.05) is 72.2 Å². The molecule has 0 unspecified atom stereocenters. The fourth-order valence-corrected chi connectivity index (χ4v) is 12.0. The predicted octanol–water partition coefficient (Wildman–Crippen LogP) is 9.37. The van der Waals surface area contributed by atoms with Gasteiger partial charge in [0.15, 0.2) is 0 Å². The van der Waals surface area contributed by atoms with Crippen LogP contribution in [0.2, 0.25) is 5.02 Å². The number of ether oxygens (including phenoxy) is 1. The number of likely N-dealkylation sites (N-methyl/N-ethyl adjacent to an activating group) is 1. The van der Waals surface area contributed by atoms with E-state index < -0.39 is 58.9 Å². The van der Waals surface area contributed by atoms with Crippen LogP contribution in [0.3, 0.4) is 0 Å². The number of thioether (sulfide) groups is 1. The third kappa shape index (κ3) is 13.4. The first kappa shape index (κ1) is 53.1. The Morgan fingerprint density at radius 1 is 0.886 bits per heavy atom. The molecule has 1 amide bonds. The van der Waals surface area contributed by atoms with E-state index in [1.165, 1.54) is 23.9 Å². The highest BCUT2D eigenvalue weighted by atomic mass is 35.5. The van der Waals surface area contributed by atoms with Gasteiger partial charge in [0.05, 0.1) is 29.4 Å². The highest BCUT2D eigenvalue weighted by molar-refractivity contribution is 7.99. The van der Waals surface area contributed by atoms with Gasteiger partial charge >= 0.3 is 5.51 Å². The summed E-state index contributed by atoms with van der Waals surface area (Å²) in [5.74, 6) is -0.733. The van der Waals surface area contributed by atoms with E-state index >= 15 is 0 Å². The SMILES string of the molecule is CCN(CC)C[C@H]1CN(CC[C@H](CSc2ccccc2)Nc2ccc(S(=O)(=O)NC(=O)c3ccc(N4CCC([C@@H](O)c5ccccc5-c5ccc(Cl)cc5)CC4)cc3)cc2S(=O)(=O)C(F)(F)F)CCO1. The minimum Gasteiger partial charge on any atom is -0.388 e. The Labute approximate surface area is 418 Å². The van der Waals surface area contributed by atoms with Gasteiger partial charge in [-0.3, -0.25) is 9.69 Å². The molecule has 12 nitrogen and oxygen atoms in total. The zero-order valence-corrected chi connectivity index (χ0v) is 42.2. The van der Waals surface area contributed by atoms with E-state index in [1.54, 1.807) is 12.1 Å². The second-order valence-corrected chi connectivity index (χ2v) is 22.6. The average molecular weight is 1040 g/mol. The van der Waals surface area contributed by atoms with E-state index in [4.69, 9.17) is 16.3 Å². The Bertz CT molecular complexity index is 2750. The molecule has 70 heavy (non-hydrogen) atoms. The van der Waals surface area contributed by atoms with Gasteiger partial charge in [-0.2, -0.15) is 13.2 Å². The van der Waals surface area contributed by atoms with Crippen LogP contribution in [0.15, 0.2) is 136 Å². The number of alkyl halides is 3. The Balaban J connectivity index is 1.03. The second kappa shape index (κ2) is 23.7. The number of benzene rings is 5. The number of hydrogen-bond donors (Lipinski definition) is 3. The third-order valence-electron chi connectivity index (χ3n) is 12.9. The van der Waals surface area contributed by atoms with Crippen LogP contribution < -0.4 is 14.9 Å². The maximum Gasteiger partial charge on any atom is 0.501 e. The van der Waals surface area contributed by atoms with Crippen LogP contribution in [0.1, 0.15) is 55.1 Å². The van der Waals surface area contributed by atoms with Crippen molar-refractivity contribution in [3.8, 4) is 11.1 Å². The van der Waals surface area contributed by atoms with Crippen LogP contribution >= 0.6 is 23.4 Å². The van der Waals surface area contributed by atoms with Crippen molar-refractivity contribution in [3.63, 3.8) is 0 Å². The number of aliphatic hydroxyl groups is 1. The van der Waals surface area contributed by atoms with Gasteiger partial charge < -0.3 is 25.0 Å². The number of morpholine rings is 1. The van der Waals surface area contributed by atoms with Crippen molar-refractivity contribution in [2.75, 3.05) is 74.9 Å². The monoisotopic (exact) mass is 1040 g/mol. The first-order valence-corrected chi connectivity index (χ1v) is 27.7. The van der Waals surface area contributed by atoms with Crippen molar-refractivity contribution in [1.82, 2.24) is 14.5 Å². The van der Waals surface area contributed by atoms with Gasteiger partial charge in [-0.1, -0.05) is 80.0 Å².